The number of halogens is 2. The van der Waals surface area contributed by atoms with Gasteiger partial charge in [-0.3, -0.25) is 13.9 Å². The number of rotatable bonds is 11. The normalized spacial score (nSPS) is 12.1. The summed E-state index contributed by atoms with van der Waals surface area (Å²) in [5.41, 5.74) is 3.33. The van der Waals surface area contributed by atoms with Gasteiger partial charge in [0.05, 0.1) is 11.9 Å². The van der Waals surface area contributed by atoms with Gasteiger partial charge >= 0.3 is 0 Å². The van der Waals surface area contributed by atoms with E-state index in [1.54, 1.807) is 37.3 Å². The molecule has 0 aromatic heterocycles. The zero-order valence-electron chi connectivity index (χ0n) is 22.4. The van der Waals surface area contributed by atoms with E-state index < -0.39 is 28.5 Å². The molecule has 3 rings (SSSR count). The van der Waals surface area contributed by atoms with E-state index in [0.29, 0.717) is 27.8 Å². The molecular weight excluding hydrogens is 557 g/mol. The number of hydrogen-bond acceptors (Lipinski definition) is 4. The highest BCUT2D eigenvalue weighted by atomic mass is 35.5. The molecule has 0 fully saturated rings. The van der Waals surface area contributed by atoms with Crippen molar-refractivity contribution < 1.29 is 18.0 Å². The molecular formula is C29H33Cl2N3O4S. The fourth-order valence-electron chi connectivity index (χ4n) is 4.30. The molecule has 0 bridgehead atoms. The number of hydrogen-bond donors (Lipinski definition) is 1. The Bertz CT molecular complexity index is 1410. The number of nitrogens with zero attached hydrogens (tertiary/aromatic N) is 2. The van der Waals surface area contributed by atoms with E-state index in [1.165, 1.54) is 4.90 Å². The van der Waals surface area contributed by atoms with Crippen LogP contribution in [0.15, 0.2) is 66.7 Å². The van der Waals surface area contributed by atoms with Crippen molar-refractivity contribution >= 4 is 50.7 Å². The third-order valence-electron chi connectivity index (χ3n) is 6.54. The highest BCUT2D eigenvalue weighted by Crippen LogP contribution is 2.29. The number of amides is 2. The van der Waals surface area contributed by atoms with Gasteiger partial charge in [0.15, 0.2) is 0 Å². The van der Waals surface area contributed by atoms with Gasteiger partial charge in [-0.1, -0.05) is 71.7 Å². The van der Waals surface area contributed by atoms with Crippen LogP contribution in [0.5, 0.6) is 0 Å². The summed E-state index contributed by atoms with van der Waals surface area (Å²) in [6.07, 6.45) is 1.27. The second-order valence-electron chi connectivity index (χ2n) is 9.31. The van der Waals surface area contributed by atoms with Crippen LogP contribution in [0, 0.1) is 13.8 Å². The van der Waals surface area contributed by atoms with Crippen molar-refractivity contribution in [1.29, 1.82) is 0 Å². The lowest BCUT2D eigenvalue weighted by molar-refractivity contribution is -0.140. The van der Waals surface area contributed by atoms with Gasteiger partial charge in [0.1, 0.15) is 12.6 Å². The minimum absolute atomic E-state index is 0.0869. The first-order valence-corrected chi connectivity index (χ1v) is 15.1. The Balaban J connectivity index is 2.11. The van der Waals surface area contributed by atoms with Crippen molar-refractivity contribution in [3.05, 3.63) is 99.0 Å². The molecule has 0 aliphatic rings. The molecule has 0 saturated heterocycles. The van der Waals surface area contributed by atoms with Crippen LogP contribution in [0.3, 0.4) is 0 Å². The van der Waals surface area contributed by atoms with E-state index in [2.05, 4.69) is 5.32 Å². The highest BCUT2D eigenvalue weighted by Gasteiger charge is 2.34. The topological polar surface area (TPSA) is 86.8 Å². The first-order valence-electron chi connectivity index (χ1n) is 12.5. The summed E-state index contributed by atoms with van der Waals surface area (Å²) in [5.74, 6) is -0.931. The molecule has 10 heteroatoms. The number of anilines is 1. The summed E-state index contributed by atoms with van der Waals surface area (Å²) < 4.78 is 27.0. The van der Waals surface area contributed by atoms with E-state index in [1.807, 2.05) is 50.2 Å². The molecule has 1 N–H and O–H groups in total. The fraction of sp³-hybridized carbons (Fsp3) is 0.310. The van der Waals surface area contributed by atoms with Crippen LogP contribution < -0.4 is 9.62 Å². The molecule has 0 spiro atoms. The summed E-state index contributed by atoms with van der Waals surface area (Å²) >= 11 is 12.9. The number of likely N-dealkylation sites (N-methyl/N-ethyl adjacent to an activating group) is 1. The SMILES string of the molecule is CCNC(=O)C(Cc1ccccc1)N(Cc1c(Cl)cccc1Cl)C(=O)CN(c1cccc(C)c1C)S(C)(=O)=O. The quantitative estimate of drug-likeness (QED) is 0.335. The molecule has 0 heterocycles. The molecule has 1 atom stereocenters. The van der Waals surface area contributed by atoms with Gasteiger partial charge in [0.25, 0.3) is 0 Å². The Hall–Kier alpha value is -3.07. The van der Waals surface area contributed by atoms with Crippen LogP contribution in [0.25, 0.3) is 0 Å². The molecule has 0 aliphatic carbocycles. The number of carbonyl (C=O) groups is 2. The Kier molecular flexibility index (Phi) is 10.4. The molecule has 0 saturated carbocycles. The van der Waals surface area contributed by atoms with Crippen LogP contribution >= 0.6 is 23.2 Å². The summed E-state index contributed by atoms with van der Waals surface area (Å²) in [5, 5.41) is 3.49. The van der Waals surface area contributed by atoms with Crippen LogP contribution in [0.2, 0.25) is 10.0 Å². The number of carbonyl (C=O) groups excluding carboxylic acids is 2. The summed E-state index contributed by atoms with van der Waals surface area (Å²) in [7, 11) is -3.86. The lowest BCUT2D eigenvalue weighted by Crippen LogP contribution is -2.53. The smallest absolute Gasteiger partial charge is 0.244 e. The Morgan fingerprint density at radius 2 is 1.54 bits per heavy atom. The zero-order valence-corrected chi connectivity index (χ0v) is 24.8. The molecule has 0 aliphatic heterocycles. The third-order valence-corrected chi connectivity index (χ3v) is 8.37. The average molecular weight is 591 g/mol. The van der Waals surface area contributed by atoms with Crippen molar-refractivity contribution in [3.63, 3.8) is 0 Å². The summed E-state index contributed by atoms with van der Waals surface area (Å²) in [6.45, 7) is 5.24. The second kappa shape index (κ2) is 13.3. The molecule has 39 heavy (non-hydrogen) atoms. The van der Waals surface area contributed by atoms with Crippen molar-refractivity contribution in [3.8, 4) is 0 Å². The van der Waals surface area contributed by atoms with Crippen LogP contribution in [-0.2, 0) is 32.6 Å². The first-order chi connectivity index (χ1) is 18.4. The van der Waals surface area contributed by atoms with Crippen molar-refractivity contribution in [1.82, 2.24) is 10.2 Å². The predicted molar refractivity (Wildman–Crippen MR) is 158 cm³/mol. The minimum atomic E-state index is -3.86. The van der Waals surface area contributed by atoms with Gasteiger partial charge in [0, 0.05) is 35.1 Å². The molecule has 3 aromatic rings. The van der Waals surface area contributed by atoms with Crippen LogP contribution in [0.1, 0.15) is 29.2 Å². The summed E-state index contributed by atoms with van der Waals surface area (Å²) in [4.78, 5) is 28.9. The first kappa shape index (κ1) is 30.5. The Morgan fingerprint density at radius 3 is 2.13 bits per heavy atom. The van der Waals surface area contributed by atoms with Gasteiger partial charge in [-0.25, -0.2) is 8.42 Å². The van der Waals surface area contributed by atoms with Gasteiger partial charge in [-0.2, -0.15) is 0 Å². The molecule has 1 unspecified atom stereocenters. The second-order valence-corrected chi connectivity index (χ2v) is 12.0. The number of benzene rings is 3. The number of nitrogens with one attached hydrogen (secondary N) is 1. The molecule has 3 aromatic carbocycles. The lowest BCUT2D eigenvalue weighted by atomic mass is 10.0. The maximum atomic E-state index is 14.1. The van der Waals surface area contributed by atoms with Crippen LogP contribution in [-0.4, -0.2) is 50.5 Å². The third kappa shape index (κ3) is 7.75. The zero-order chi connectivity index (χ0) is 28.7. The van der Waals surface area contributed by atoms with E-state index in [-0.39, 0.29) is 18.9 Å². The maximum Gasteiger partial charge on any atom is 0.244 e. The molecule has 208 valence electrons. The van der Waals surface area contributed by atoms with Gasteiger partial charge in [0.2, 0.25) is 21.8 Å². The van der Waals surface area contributed by atoms with Gasteiger partial charge in [-0.05, 0) is 55.7 Å². The van der Waals surface area contributed by atoms with E-state index >= 15 is 0 Å². The highest BCUT2D eigenvalue weighted by molar-refractivity contribution is 7.92. The largest absolute Gasteiger partial charge is 0.355 e. The number of sulfonamides is 1. The van der Waals surface area contributed by atoms with Gasteiger partial charge < -0.3 is 10.2 Å². The van der Waals surface area contributed by atoms with Crippen molar-refractivity contribution in [2.45, 2.75) is 39.8 Å². The monoisotopic (exact) mass is 589 g/mol. The molecule has 7 nitrogen and oxygen atoms in total. The van der Waals surface area contributed by atoms with E-state index in [4.69, 9.17) is 23.2 Å². The van der Waals surface area contributed by atoms with Crippen LogP contribution in [0.4, 0.5) is 5.69 Å². The Labute approximate surface area is 240 Å². The maximum absolute atomic E-state index is 14.1. The van der Waals surface area contributed by atoms with Crippen molar-refractivity contribution in [2.24, 2.45) is 0 Å². The average Bonchev–Trinajstić information content (AvgIpc) is 2.88. The van der Waals surface area contributed by atoms with E-state index in [9.17, 15) is 18.0 Å². The van der Waals surface area contributed by atoms with E-state index in [0.717, 1.165) is 27.3 Å². The lowest BCUT2D eigenvalue weighted by Gasteiger charge is -2.34. The standard InChI is InChI=1S/C29H33Cl2N3O4S/c1-5-32-29(36)27(17-22-12-7-6-8-13-22)33(18-23-24(30)14-10-15-25(23)31)28(35)19-34(39(4,37)38)26-16-9-11-20(2)21(26)3/h6-16,27H,5,17-19H2,1-4H3,(H,32,36). The minimum Gasteiger partial charge on any atom is -0.355 e. The molecule has 0 radical (unpaired) electrons. The van der Waals surface area contributed by atoms with Crippen molar-refractivity contribution in [2.75, 3.05) is 23.7 Å². The number of aryl methyl sites for hydroxylation is 1. The summed E-state index contributed by atoms with van der Waals surface area (Å²) in [6, 6.07) is 18.6. The Morgan fingerprint density at radius 1 is 0.923 bits per heavy atom. The molecule has 2 amide bonds. The predicted octanol–water partition coefficient (Wildman–Crippen LogP) is 5.15. The fourth-order valence-corrected chi connectivity index (χ4v) is 5.72. The van der Waals surface area contributed by atoms with Gasteiger partial charge in [-0.15, -0.1) is 0 Å².